The molecule has 0 bridgehead atoms. The minimum absolute atomic E-state index is 0.0675. The molecule has 0 saturated carbocycles. The number of halogens is 2. The Morgan fingerprint density at radius 1 is 0.976 bits per heavy atom. The maximum absolute atomic E-state index is 13.4. The van der Waals surface area contributed by atoms with Crippen LogP contribution in [0.2, 0.25) is 0 Å². The standard InChI is InChI=1S/C30H27Br2N3O5S/c1-21-11-13-22(14-12-21)20-40-30-27(32)15-23(16-28(30)39-2)18-33-34-29(36)19-35(25-8-6-7-24(31)17-25)41(37,38)26-9-4-3-5-10-26/h3-18H,19-20H2,1-2H3,(H,34,36)/b33-18-. The molecular formula is C30H27Br2N3O5S. The summed E-state index contributed by atoms with van der Waals surface area (Å²) in [5.41, 5.74) is 5.56. The molecule has 0 aliphatic heterocycles. The molecule has 11 heteroatoms. The lowest BCUT2D eigenvalue weighted by Crippen LogP contribution is -2.39. The molecule has 0 aromatic heterocycles. The van der Waals surface area contributed by atoms with Gasteiger partial charge in [0.05, 0.1) is 28.4 Å². The van der Waals surface area contributed by atoms with E-state index in [9.17, 15) is 13.2 Å². The van der Waals surface area contributed by atoms with Crippen LogP contribution in [0, 0.1) is 6.92 Å². The number of nitrogens with one attached hydrogen (secondary N) is 1. The van der Waals surface area contributed by atoms with Gasteiger partial charge in [0.1, 0.15) is 13.2 Å². The van der Waals surface area contributed by atoms with Gasteiger partial charge >= 0.3 is 0 Å². The average Bonchev–Trinajstić information content (AvgIpc) is 2.96. The summed E-state index contributed by atoms with van der Waals surface area (Å²) in [5.74, 6) is 0.393. The number of aryl methyl sites for hydroxylation is 1. The zero-order chi connectivity index (χ0) is 29.4. The van der Waals surface area contributed by atoms with Gasteiger partial charge in [-0.1, -0.05) is 70.0 Å². The molecule has 0 fully saturated rings. The number of methoxy groups -OCH3 is 1. The van der Waals surface area contributed by atoms with E-state index >= 15 is 0 Å². The first-order valence-electron chi connectivity index (χ1n) is 12.4. The fourth-order valence-electron chi connectivity index (χ4n) is 3.80. The maximum atomic E-state index is 13.4. The van der Waals surface area contributed by atoms with Crippen molar-refractivity contribution in [1.82, 2.24) is 5.43 Å². The molecule has 0 saturated heterocycles. The van der Waals surface area contributed by atoms with Crippen LogP contribution >= 0.6 is 31.9 Å². The Labute approximate surface area is 256 Å². The predicted molar refractivity (Wildman–Crippen MR) is 167 cm³/mol. The lowest BCUT2D eigenvalue weighted by Gasteiger charge is -2.23. The van der Waals surface area contributed by atoms with Gasteiger partial charge in [0.15, 0.2) is 11.5 Å². The molecule has 0 radical (unpaired) electrons. The maximum Gasteiger partial charge on any atom is 0.264 e. The van der Waals surface area contributed by atoms with Crippen LogP contribution in [0.25, 0.3) is 0 Å². The molecule has 0 atom stereocenters. The molecule has 41 heavy (non-hydrogen) atoms. The Balaban J connectivity index is 1.47. The van der Waals surface area contributed by atoms with E-state index in [4.69, 9.17) is 9.47 Å². The van der Waals surface area contributed by atoms with E-state index in [0.29, 0.717) is 38.3 Å². The van der Waals surface area contributed by atoms with Crippen molar-refractivity contribution in [2.24, 2.45) is 5.10 Å². The Kier molecular flexibility index (Phi) is 10.2. The fourth-order valence-corrected chi connectivity index (χ4v) is 6.20. The number of rotatable bonds is 11. The molecule has 4 rings (SSSR count). The zero-order valence-electron chi connectivity index (χ0n) is 22.3. The number of amides is 1. The van der Waals surface area contributed by atoms with Crippen LogP contribution in [0.5, 0.6) is 11.5 Å². The number of anilines is 1. The van der Waals surface area contributed by atoms with Gasteiger partial charge in [-0.15, -0.1) is 0 Å². The van der Waals surface area contributed by atoms with Crippen LogP contribution in [0.3, 0.4) is 0 Å². The van der Waals surface area contributed by atoms with E-state index in [1.807, 2.05) is 31.2 Å². The number of nitrogens with zero attached hydrogens (tertiary/aromatic N) is 2. The predicted octanol–water partition coefficient (Wildman–Crippen LogP) is 6.45. The Hall–Kier alpha value is -3.67. The summed E-state index contributed by atoms with van der Waals surface area (Å²) >= 11 is 6.89. The van der Waals surface area contributed by atoms with Gasteiger partial charge in [-0.25, -0.2) is 13.8 Å². The number of benzene rings is 4. The monoisotopic (exact) mass is 699 g/mol. The topological polar surface area (TPSA) is 97.3 Å². The first kappa shape index (κ1) is 30.3. The first-order valence-corrected chi connectivity index (χ1v) is 15.4. The minimum Gasteiger partial charge on any atom is -0.493 e. The van der Waals surface area contributed by atoms with E-state index in [0.717, 1.165) is 9.87 Å². The number of carbonyl (C=O) groups excluding carboxylic acids is 1. The summed E-state index contributed by atoms with van der Waals surface area (Å²) in [7, 11) is -2.49. The second-order valence-electron chi connectivity index (χ2n) is 8.91. The highest BCUT2D eigenvalue weighted by Gasteiger charge is 2.27. The van der Waals surface area contributed by atoms with Gasteiger partial charge in [0.2, 0.25) is 0 Å². The molecular weight excluding hydrogens is 674 g/mol. The van der Waals surface area contributed by atoms with Crippen molar-refractivity contribution in [3.8, 4) is 11.5 Å². The van der Waals surface area contributed by atoms with Crippen molar-refractivity contribution in [1.29, 1.82) is 0 Å². The molecule has 4 aromatic rings. The van der Waals surface area contributed by atoms with Gasteiger partial charge in [-0.05, 0) is 76.4 Å². The molecule has 212 valence electrons. The summed E-state index contributed by atoms with van der Waals surface area (Å²) in [6.45, 7) is 1.90. The van der Waals surface area contributed by atoms with E-state index < -0.39 is 22.5 Å². The van der Waals surface area contributed by atoms with Gasteiger partial charge in [-0.2, -0.15) is 5.10 Å². The number of ether oxygens (including phenoxy) is 2. The van der Waals surface area contributed by atoms with Crippen LogP contribution in [0.15, 0.2) is 110 Å². The Bertz CT molecular complexity index is 1650. The lowest BCUT2D eigenvalue weighted by molar-refractivity contribution is -0.119. The molecule has 1 amide bonds. The van der Waals surface area contributed by atoms with E-state index in [1.165, 1.54) is 31.0 Å². The van der Waals surface area contributed by atoms with Gasteiger partial charge in [0, 0.05) is 4.47 Å². The van der Waals surface area contributed by atoms with Crippen LogP contribution in [0.4, 0.5) is 5.69 Å². The van der Waals surface area contributed by atoms with Crippen LogP contribution in [0.1, 0.15) is 16.7 Å². The van der Waals surface area contributed by atoms with E-state index in [1.54, 1.807) is 54.6 Å². The quantitative estimate of drug-likeness (QED) is 0.143. The number of hydrazone groups is 1. The lowest BCUT2D eigenvalue weighted by atomic mass is 10.2. The van der Waals surface area contributed by atoms with E-state index in [2.05, 4.69) is 42.4 Å². The van der Waals surface area contributed by atoms with Crippen LogP contribution in [-0.2, 0) is 21.4 Å². The molecule has 0 aliphatic carbocycles. The average molecular weight is 701 g/mol. The molecule has 0 aliphatic rings. The van der Waals surface area contributed by atoms with Crippen molar-refractivity contribution in [3.05, 3.63) is 117 Å². The van der Waals surface area contributed by atoms with Crippen molar-refractivity contribution in [3.63, 3.8) is 0 Å². The SMILES string of the molecule is COc1cc(/C=N\NC(=O)CN(c2cccc(Br)c2)S(=O)(=O)c2ccccc2)cc(Br)c1OCc1ccc(C)cc1. The van der Waals surface area contributed by atoms with Gasteiger partial charge in [0.25, 0.3) is 15.9 Å². The van der Waals surface area contributed by atoms with Crippen LogP contribution in [-0.4, -0.2) is 34.2 Å². The Morgan fingerprint density at radius 3 is 2.39 bits per heavy atom. The van der Waals surface area contributed by atoms with Crippen molar-refractivity contribution >= 4 is 59.7 Å². The van der Waals surface area contributed by atoms with Crippen LogP contribution < -0.4 is 19.2 Å². The molecule has 4 aromatic carbocycles. The third kappa shape index (κ3) is 7.96. The summed E-state index contributed by atoms with van der Waals surface area (Å²) in [5, 5.41) is 4.04. The van der Waals surface area contributed by atoms with E-state index in [-0.39, 0.29) is 4.90 Å². The van der Waals surface area contributed by atoms with Crippen molar-refractivity contribution in [2.75, 3.05) is 18.0 Å². The van der Waals surface area contributed by atoms with Crippen molar-refractivity contribution < 1.29 is 22.7 Å². The first-order chi connectivity index (χ1) is 19.7. The van der Waals surface area contributed by atoms with Gasteiger partial charge < -0.3 is 9.47 Å². The van der Waals surface area contributed by atoms with Gasteiger partial charge in [-0.3, -0.25) is 9.10 Å². The number of sulfonamides is 1. The second kappa shape index (κ2) is 13.8. The largest absolute Gasteiger partial charge is 0.493 e. The molecule has 0 heterocycles. The second-order valence-corrected chi connectivity index (χ2v) is 12.5. The highest BCUT2D eigenvalue weighted by Crippen LogP contribution is 2.37. The summed E-state index contributed by atoms with van der Waals surface area (Å²) in [6.07, 6.45) is 1.43. The summed E-state index contributed by atoms with van der Waals surface area (Å²) in [4.78, 5) is 12.9. The Morgan fingerprint density at radius 2 is 1.71 bits per heavy atom. The third-order valence-corrected chi connectivity index (χ3v) is 8.74. The zero-order valence-corrected chi connectivity index (χ0v) is 26.2. The number of carbonyl (C=O) groups is 1. The smallest absolute Gasteiger partial charge is 0.264 e. The van der Waals surface area contributed by atoms with Crippen molar-refractivity contribution in [2.45, 2.75) is 18.4 Å². The highest BCUT2D eigenvalue weighted by atomic mass is 79.9. The molecule has 8 nitrogen and oxygen atoms in total. The summed E-state index contributed by atoms with van der Waals surface area (Å²) < 4.78 is 40.7. The summed E-state index contributed by atoms with van der Waals surface area (Å²) in [6, 6.07) is 26.2. The highest BCUT2D eigenvalue weighted by molar-refractivity contribution is 9.10. The number of hydrogen-bond donors (Lipinski definition) is 1. The normalized spacial score (nSPS) is 11.3. The number of hydrogen-bond acceptors (Lipinski definition) is 6. The minimum atomic E-state index is -4.03. The third-order valence-electron chi connectivity index (χ3n) is 5.87. The fraction of sp³-hybridized carbons (Fsp3) is 0.133. The molecule has 0 unspecified atom stereocenters. The molecule has 1 N–H and O–H groups in total. The molecule has 0 spiro atoms.